The van der Waals surface area contributed by atoms with Crippen LogP contribution in [0.15, 0.2) is 18.3 Å². The molecule has 0 N–H and O–H groups in total. The van der Waals surface area contributed by atoms with Crippen molar-refractivity contribution in [2.24, 2.45) is 0 Å². The maximum absolute atomic E-state index is 4.58. The highest BCUT2D eigenvalue weighted by atomic mass is 32.2. The maximum atomic E-state index is 4.58. The molecule has 3 heterocycles. The molecule has 16 heavy (non-hydrogen) atoms. The van der Waals surface area contributed by atoms with Gasteiger partial charge in [0.2, 0.25) is 0 Å². The van der Waals surface area contributed by atoms with Crippen LogP contribution in [0.3, 0.4) is 0 Å². The fourth-order valence-corrected chi connectivity index (χ4v) is 3.53. The summed E-state index contributed by atoms with van der Waals surface area (Å²) < 4.78 is 2.32. The van der Waals surface area contributed by atoms with E-state index < -0.39 is 0 Å². The van der Waals surface area contributed by atoms with Crippen molar-refractivity contribution in [3.05, 3.63) is 24.2 Å². The van der Waals surface area contributed by atoms with Gasteiger partial charge in [-0.25, -0.2) is 9.97 Å². The second-order valence-electron chi connectivity index (χ2n) is 4.25. The van der Waals surface area contributed by atoms with Gasteiger partial charge < -0.3 is 4.57 Å². The summed E-state index contributed by atoms with van der Waals surface area (Å²) in [5.74, 6) is 3.60. The van der Waals surface area contributed by atoms with Gasteiger partial charge in [-0.3, -0.25) is 0 Å². The summed E-state index contributed by atoms with van der Waals surface area (Å²) in [6.07, 6.45) is 4.42. The highest BCUT2D eigenvalue weighted by molar-refractivity contribution is 7.99. The monoisotopic (exact) mass is 233 g/mol. The number of rotatable bonds is 1. The first-order valence-electron chi connectivity index (χ1n) is 5.73. The van der Waals surface area contributed by atoms with Gasteiger partial charge in [0.15, 0.2) is 5.65 Å². The smallest absolute Gasteiger partial charge is 0.160 e. The van der Waals surface area contributed by atoms with Crippen LogP contribution in [-0.4, -0.2) is 26.0 Å². The lowest BCUT2D eigenvalue weighted by Crippen LogP contribution is -2.17. The Morgan fingerprint density at radius 1 is 1.50 bits per heavy atom. The Bertz CT molecular complexity index is 500. The second kappa shape index (κ2) is 4.09. The molecule has 84 valence electrons. The third-order valence-electron chi connectivity index (χ3n) is 3.13. The van der Waals surface area contributed by atoms with Gasteiger partial charge in [0.25, 0.3) is 0 Å². The Morgan fingerprint density at radius 2 is 2.44 bits per heavy atom. The largest absolute Gasteiger partial charge is 0.309 e. The average Bonchev–Trinajstić information content (AvgIpc) is 2.66. The summed E-state index contributed by atoms with van der Waals surface area (Å²) in [5.41, 5.74) is 2.07. The molecule has 0 bridgehead atoms. The van der Waals surface area contributed by atoms with Crippen LogP contribution in [0.2, 0.25) is 0 Å². The SMILES string of the molecule is Cc1nc2cccnc2n1C1CCCSC1. The molecule has 1 unspecified atom stereocenters. The first-order chi connectivity index (χ1) is 7.86. The van der Waals surface area contributed by atoms with Gasteiger partial charge >= 0.3 is 0 Å². The molecule has 1 saturated heterocycles. The molecule has 3 rings (SSSR count). The van der Waals surface area contributed by atoms with Crippen LogP contribution in [0, 0.1) is 6.92 Å². The van der Waals surface area contributed by atoms with Crippen molar-refractivity contribution in [1.29, 1.82) is 0 Å². The minimum absolute atomic E-state index is 0.582. The van der Waals surface area contributed by atoms with Gasteiger partial charge in [-0.1, -0.05) is 0 Å². The number of aryl methyl sites for hydroxylation is 1. The van der Waals surface area contributed by atoms with Crippen LogP contribution in [0.1, 0.15) is 24.7 Å². The number of fused-ring (bicyclic) bond motifs is 1. The van der Waals surface area contributed by atoms with Gasteiger partial charge in [-0.05, 0) is 37.7 Å². The summed E-state index contributed by atoms with van der Waals surface area (Å²) >= 11 is 2.04. The number of hydrogen-bond donors (Lipinski definition) is 0. The number of aromatic nitrogens is 3. The molecule has 3 nitrogen and oxygen atoms in total. The van der Waals surface area contributed by atoms with E-state index in [9.17, 15) is 0 Å². The average molecular weight is 233 g/mol. The molecule has 0 spiro atoms. The molecular formula is C12H15N3S. The standard InChI is InChI=1S/C12H15N3S/c1-9-14-11-5-2-6-13-12(11)15(9)10-4-3-7-16-8-10/h2,5-6,10H,3-4,7-8H2,1H3. The molecule has 0 aromatic carbocycles. The fourth-order valence-electron chi connectivity index (χ4n) is 2.41. The zero-order chi connectivity index (χ0) is 11.0. The maximum Gasteiger partial charge on any atom is 0.160 e. The highest BCUT2D eigenvalue weighted by Gasteiger charge is 2.20. The molecule has 0 radical (unpaired) electrons. The molecule has 2 aromatic rings. The lowest BCUT2D eigenvalue weighted by molar-refractivity contribution is 0.498. The summed E-state index contributed by atoms with van der Waals surface area (Å²) in [6, 6.07) is 4.58. The Kier molecular flexibility index (Phi) is 2.59. The van der Waals surface area contributed by atoms with Crippen molar-refractivity contribution in [1.82, 2.24) is 14.5 Å². The fraction of sp³-hybridized carbons (Fsp3) is 0.500. The van der Waals surface area contributed by atoms with Gasteiger partial charge in [-0.15, -0.1) is 0 Å². The number of nitrogens with zero attached hydrogens (tertiary/aromatic N) is 3. The third kappa shape index (κ3) is 1.61. The number of imidazole rings is 1. The predicted octanol–water partition coefficient (Wildman–Crippen LogP) is 2.81. The van der Waals surface area contributed by atoms with Gasteiger partial charge in [-0.2, -0.15) is 11.8 Å². The first kappa shape index (κ1) is 10.1. The molecule has 4 heteroatoms. The molecule has 2 aromatic heterocycles. The van der Waals surface area contributed by atoms with E-state index in [0.29, 0.717) is 6.04 Å². The van der Waals surface area contributed by atoms with E-state index in [1.54, 1.807) is 0 Å². The van der Waals surface area contributed by atoms with Crippen molar-refractivity contribution in [3.8, 4) is 0 Å². The Hall–Kier alpha value is -1.03. The third-order valence-corrected chi connectivity index (χ3v) is 4.32. The zero-order valence-electron chi connectivity index (χ0n) is 9.39. The number of pyridine rings is 1. The highest BCUT2D eigenvalue weighted by Crippen LogP contribution is 2.30. The van der Waals surface area contributed by atoms with Crippen molar-refractivity contribution >= 4 is 22.9 Å². The zero-order valence-corrected chi connectivity index (χ0v) is 10.2. The van der Waals surface area contributed by atoms with E-state index >= 15 is 0 Å². The van der Waals surface area contributed by atoms with Gasteiger partial charge in [0.05, 0.1) is 0 Å². The summed E-state index contributed by atoms with van der Waals surface area (Å²) in [6.45, 7) is 2.08. The minimum atomic E-state index is 0.582. The van der Waals surface area contributed by atoms with Crippen molar-refractivity contribution in [3.63, 3.8) is 0 Å². The van der Waals surface area contributed by atoms with Crippen LogP contribution in [0.4, 0.5) is 0 Å². The molecule has 0 amide bonds. The predicted molar refractivity (Wildman–Crippen MR) is 67.9 cm³/mol. The first-order valence-corrected chi connectivity index (χ1v) is 6.89. The Labute approximate surface area is 99.3 Å². The normalized spacial score (nSPS) is 21.4. The van der Waals surface area contributed by atoms with Crippen LogP contribution in [-0.2, 0) is 0 Å². The Balaban J connectivity index is 2.10. The lowest BCUT2D eigenvalue weighted by Gasteiger charge is -2.24. The van der Waals surface area contributed by atoms with E-state index in [1.807, 2.05) is 30.1 Å². The van der Waals surface area contributed by atoms with E-state index in [-0.39, 0.29) is 0 Å². The molecule has 1 atom stereocenters. The van der Waals surface area contributed by atoms with Crippen molar-refractivity contribution < 1.29 is 0 Å². The van der Waals surface area contributed by atoms with E-state index in [4.69, 9.17) is 0 Å². The van der Waals surface area contributed by atoms with Crippen LogP contribution >= 0.6 is 11.8 Å². The van der Waals surface area contributed by atoms with Crippen molar-refractivity contribution in [2.45, 2.75) is 25.8 Å². The Morgan fingerprint density at radius 3 is 3.25 bits per heavy atom. The summed E-state index contributed by atoms with van der Waals surface area (Å²) in [5, 5.41) is 0. The summed E-state index contributed by atoms with van der Waals surface area (Å²) in [4.78, 5) is 9.05. The molecule has 1 fully saturated rings. The van der Waals surface area contributed by atoms with E-state index in [0.717, 1.165) is 17.0 Å². The topological polar surface area (TPSA) is 30.7 Å². The summed E-state index contributed by atoms with van der Waals surface area (Å²) in [7, 11) is 0. The minimum Gasteiger partial charge on any atom is -0.309 e. The van der Waals surface area contributed by atoms with E-state index in [1.165, 1.54) is 24.3 Å². The van der Waals surface area contributed by atoms with Crippen LogP contribution < -0.4 is 0 Å². The van der Waals surface area contributed by atoms with Gasteiger partial charge in [0.1, 0.15) is 11.3 Å². The lowest BCUT2D eigenvalue weighted by atomic mass is 10.2. The van der Waals surface area contributed by atoms with Crippen LogP contribution in [0.5, 0.6) is 0 Å². The number of thioether (sulfide) groups is 1. The molecule has 1 aliphatic rings. The molecular weight excluding hydrogens is 218 g/mol. The molecule has 1 aliphatic heterocycles. The van der Waals surface area contributed by atoms with Crippen LogP contribution in [0.25, 0.3) is 11.2 Å². The van der Waals surface area contributed by atoms with Gasteiger partial charge in [0, 0.05) is 18.0 Å². The number of hydrogen-bond acceptors (Lipinski definition) is 3. The quantitative estimate of drug-likeness (QED) is 0.759. The van der Waals surface area contributed by atoms with Crippen molar-refractivity contribution in [2.75, 3.05) is 11.5 Å². The van der Waals surface area contributed by atoms with E-state index in [2.05, 4.69) is 21.5 Å². The second-order valence-corrected chi connectivity index (χ2v) is 5.40. The molecule has 0 saturated carbocycles. The molecule has 0 aliphatic carbocycles.